The van der Waals surface area contributed by atoms with Crippen molar-refractivity contribution in [3.8, 4) is 17.0 Å². The molecule has 5 rings (SSSR count). The van der Waals surface area contributed by atoms with E-state index in [2.05, 4.69) is 43.6 Å². The van der Waals surface area contributed by atoms with Crippen molar-refractivity contribution in [1.82, 2.24) is 20.2 Å². The van der Waals surface area contributed by atoms with E-state index in [0.717, 1.165) is 66.4 Å². The van der Waals surface area contributed by atoms with Crippen molar-refractivity contribution >= 4 is 29.4 Å². The van der Waals surface area contributed by atoms with Crippen LogP contribution in [-0.4, -0.2) is 90.2 Å². The van der Waals surface area contributed by atoms with E-state index in [1.165, 1.54) is 0 Å². The van der Waals surface area contributed by atoms with Gasteiger partial charge in [-0.25, -0.2) is 14.8 Å². The topological polar surface area (TPSA) is 127 Å². The van der Waals surface area contributed by atoms with Gasteiger partial charge >= 0.3 is 12.1 Å². The number of carbonyl (C=O) groups excluding carboxylic acids is 2. The first-order valence-corrected chi connectivity index (χ1v) is 17.6. The van der Waals surface area contributed by atoms with Crippen LogP contribution in [0.1, 0.15) is 66.4 Å². The van der Waals surface area contributed by atoms with Gasteiger partial charge in [0.15, 0.2) is 0 Å². The third kappa shape index (κ3) is 11.0. The Kier molecular flexibility index (Phi) is 12.2. The lowest BCUT2D eigenvalue weighted by molar-refractivity contribution is -0.160. The van der Waals surface area contributed by atoms with Crippen LogP contribution in [0.25, 0.3) is 11.3 Å². The molecule has 2 N–H and O–H groups in total. The number of nitrogens with one attached hydrogen (secondary N) is 2. The lowest BCUT2D eigenvalue weighted by Crippen LogP contribution is -2.41. The van der Waals surface area contributed by atoms with Gasteiger partial charge in [-0.05, 0) is 121 Å². The third-order valence-corrected chi connectivity index (χ3v) is 8.17. The molecule has 2 aliphatic rings. The summed E-state index contributed by atoms with van der Waals surface area (Å²) in [4.78, 5) is 38.8. The van der Waals surface area contributed by atoms with Gasteiger partial charge in [-0.3, -0.25) is 9.69 Å². The molecule has 0 saturated carbocycles. The van der Waals surface area contributed by atoms with Crippen LogP contribution in [0.5, 0.6) is 5.75 Å². The molecule has 12 nitrogen and oxygen atoms in total. The second-order valence-electron chi connectivity index (χ2n) is 14.7. The van der Waals surface area contributed by atoms with Crippen LogP contribution in [0.3, 0.4) is 0 Å². The van der Waals surface area contributed by atoms with Crippen molar-refractivity contribution < 1.29 is 28.5 Å². The van der Waals surface area contributed by atoms with E-state index < -0.39 is 17.3 Å². The number of alkyl carbamates (subject to hydrolysis) is 1. The quantitative estimate of drug-likeness (QED) is 0.164. The fraction of sp³-hybridized carbons (Fsp3) is 0.526. The lowest BCUT2D eigenvalue weighted by atomic mass is 10.1. The number of rotatable bonds is 12. The molecule has 2 saturated heterocycles. The fourth-order valence-corrected chi connectivity index (χ4v) is 5.97. The Balaban J connectivity index is 1.23. The molecule has 1 atom stereocenters. The largest absolute Gasteiger partial charge is 0.494 e. The first-order valence-electron chi connectivity index (χ1n) is 17.6. The molecule has 270 valence electrons. The molecule has 3 heterocycles. The molecule has 1 amide bonds. The molecule has 0 radical (unpaired) electrons. The summed E-state index contributed by atoms with van der Waals surface area (Å²) in [5.41, 5.74) is 3.79. The number of esters is 1. The Labute approximate surface area is 295 Å². The summed E-state index contributed by atoms with van der Waals surface area (Å²) in [5.74, 6) is 1.06. The summed E-state index contributed by atoms with van der Waals surface area (Å²) in [5, 5.41) is 6.15. The van der Waals surface area contributed by atoms with Crippen LogP contribution in [0.15, 0.2) is 54.7 Å². The standard InChI is InChI=1S/C38H52N6O6/c1-37(2,3)49-34(45)33-9-7-19-44(33)26-28-25-29(12-15-32(28)43-20-23-47-24-21-43)41-35-39-18-16-31(42-35)27-10-13-30(14-11-27)48-22-8-17-40-36(46)50-38(4,5)6/h10-16,18,25,33H,7-9,17,19-24,26H2,1-6H3,(H,40,46)(H,39,41,42). The van der Waals surface area contributed by atoms with Gasteiger partial charge in [0.05, 0.1) is 25.5 Å². The minimum atomic E-state index is -0.526. The maximum absolute atomic E-state index is 13.1. The van der Waals surface area contributed by atoms with Gasteiger partial charge in [-0.15, -0.1) is 0 Å². The van der Waals surface area contributed by atoms with Crippen molar-refractivity contribution in [2.45, 2.75) is 84.6 Å². The molecule has 1 aromatic heterocycles. The van der Waals surface area contributed by atoms with E-state index in [4.69, 9.17) is 23.9 Å². The third-order valence-electron chi connectivity index (χ3n) is 8.17. The average Bonchev–Trinajstić information content (AvgIpc) is 3.52. The molecule has 3 aromatic rings. The summed E-state index contributed by atoms with van der Waals surface area (Å²) < 4.78 is 22.5. The summed E-state index contributed by atoms with van der Waals surface area (Å²) >= 11 is 0. The minimum absolute atomic E-state index is 0.158. The van der Waals surface area contributed by atoms with Gasteiger partial charge in [0.1, 0.15) is 23.0 Å². The fourth-order valence-electron chi connectivity index (χ4n) is 5.97. The number of nitrogens with zero attached hydrogens (tertiary/aromatic N) is 4. The maximum atomic E-state index is 13.1. The Morgan fingerprint density at radius 1 is 0.940 bits per heavy atom. The first-order chi connectivity index (χ1) is 23.8. The minimum Gasteiger partial charge on any atom is -0.494 e. The van der Waals surface area contributed by atoms with Gasteiger partial charge < -0.3 is 34.5 Å². The second kappa shape index (κ2) is 16.5. The number of hydrogen-bond donors (Lipinski definition) is 2. The number of ether oxygens (including phenoxy) is 4. The Bertz CT molecular complexity index is 1580. The van der Waals surface area contributed by atoms with Crippen LogP contribution < -0.4 is 20.3 Å². The number of carbonyl (C=O) groups is 2. The van der Waals surface area contributed by atoms with Crippen LogP contribution >= 0.6 is 0 Å². The molecular weight excluding hydrogens is 636 g/mol. The number of benzene rings is 2. The van der Waals surface area contributed by atoms with E-state index in [-0.39, 0.29) is 12.0 Å². The zero-order chi connectivity index (χ0) is 35.7. The molecule has 2 fully saturated rings. The molecule has 50 heavy (non-hydrogen) atoms. The smallest absolute Gasteiger partial charge is 0.407 e. The van der Waals surface area contributed by atoms with Crippen LogP contribution in [0, 0.1) is 0 Å². The van der Waals surface area contributed by atoms with Crippen LogP contribution in [0.4, 0.5) is 22.1 Å². The van der Waals surface area contributed by atoms with Gasteiger partial charge in [-0.1, -0.05) is 0 Å². The van der Waals surface area contributed by atoms with Gasteiger partial charge in [-0.2, -0.15) is 0 Å². The molecule has 12 heteroatoms. The second-order valence-corrected chi connectivity index (χ2v) is 14.7. The zero-order valence-electron chi connectivity index (χ0n) is 30.3. The number of aromatic nitrogens is 2. The van der Waals surface area contributed by atoms with Gasteiger partial charge in [0, 0.05) is 49.3 Å². The highest BCUT2D eigenvalue weighted by atomic mass is 16.6. The summed E-state index contributed by atoms with van der Waals surface area (Å²) in [6.45, 7) is 16.6. The van der Waals surface area contributed by atoms with Gasteiger partial charge in [0.2, 0.25) is 5.95 Å². The summed E-state index contributed by atoms with van der Waals surface area (Å²) in [6.07, 6.45) is 3.71. The molecular formula is C38H52N6O6. The van der Waals surface area contributed by atoms with Crippen molar-refractivity contribution in [3.05, 3.63) is 60.3 Å². The lowest BCUT2D eigenvalue weighted by Gasteiger charge is -2.33. The highest BCUT2D eigenvalue weighted by Crippen LogP contribution is 2.31. The highest BCUT2D eigenvalue weighted by molar-refractivity contribution is 5.76. The van der Waals surface area contributed by atoms with Gasteiger partial charge in [0.25, 0.3) is 0 Å². The Morgan fingerprint density at radius 2 is 1.68 bits per heavy atom. The molecule has 2 aromatic carbocycles. The predicted molar refractivity (Wildman–Crippen MR) is 194 cm³/mol. The average molecular weight is 689 g/mol. The molecule has 1 unspecified atom stereocenters. The van der Waals surface area contributed by atoms with Crippen molar-refractivity contribution in [2.24, 2.45) is 0 Å². The van der Waals surface area contributed by atoms with E-state index >= 15 is 0 Å². The predicted octanol–water partition coefficient (Wildman–Crippen LogP) is 6.32. The van der Waals surface area contributed by atoms with Crippen molar-refractivity contribution in [2.75, 3.05) is 56.2 Å². The van der Waals surface area contributed by atoms with E-state index in [1.54, 1.807) is 6.20 Å². The molecule has 0 spiro atoms. The number of likely N-dealkylation sites (tertiary alicyclic amines) is 1. The Morgan fingerprint density at radius 3 is 2.40 bits per heavy atom. The van der Waals surface area contributed by atoms with E-state index in [9.17, 15) is 9.59 Å². The molecule has 0 aliphatic carbocycles. The van der Waals surface area contributed by atoms with Crippen LogP contribution in [-0.2, 0) is 25.5 Å². The number of morpholine rings is 1. The summed E-state index contributed by atoms with van der Waals surface area (Å²) in [6, 6.07) is 15.7. The normalized spacial score (nSPS) is 16.9. The Hall–Kier alpha value is -4.42. The van der Waals surface area contributed by atoms with Crippen LogP contribution in [0.2, 0.25) is 0 Å². The van der Waals surface area contributed by atoms with Crippen molar-refractivity contribution in [1.29, 1.82) is 0 Å². The number of amides is 1. The zero-order valence-corrected chi connectivity index (χ0v) is 30.3. The highest BCUT2D eigenvalue weighted by Gasteiger charge is 2.34. The molecule has 0 bridgehead atoms. The van der Waals surface area contributed by atoms with E-state index in [1.807, 2.05) is 71.9 Å². The SMILES string of the molecule is CC(C)(C)OC(=O)NCCCOc1ccc(-c2ccnc(Nc3ccc(N4CCOCC4)c(CN4CCCC4C(=O)OC(C)(C)C)c3)n2)cc1. The molecule has 2 aliphatic heterocycles. The summed E-state index contributed by atoms with van der Waals surface area (Å²) in [7, 11) is 0. The first kappa shape index (κ1) is 36.9. The van der Waals surface area contributed by atoms with E-state index in [0.29, 0.717) is 45.3 Å². The number of anilines is 3. The number of hydrogen-bond acceptors (Lipinski definition) is 11. The van der Waals surface area contributed by atoms with Crippen molar-refractivity contribution in [3.63, 3.8) is 0 Å². The maximum Gasteiger partial charge on any atom is 0.407 e. The monoisotopic (exact) mass is 688 g/mol.